The number of benzene rings is 1. The van der Waals surface area contributed by atoms with Crippen molar-refractivity contribution in [3.8, 4) is 5.69 Å². The number of hydrogen-bond acceptors (Lipinski definition) is 5. The lowest BCUT2D eigenvalue weighted by Gasteiger charge is -2.06. The molecule has 0 aliphatic heterocycles. The Morgan fingerprint density at radius 3 is 2.78 bits per heavy atom. The van der Waals surface area contributed by atoms with Gasteiger partial charge < -0.3 is 4.57 Å². The molecule has 0 radical (unpaired) electrons. The van der Waals surface area contributed by atoms with Crippen LogP contribution in [0.25, 0.3) is 5.69 Å². The molecule has 0 atom stereocenters. The fourth-order valence-electron chi connectivity index (χ4n) is 2.77. The second-order valence-corrected chi connectivity index (χ2v) is 8.36. The number of para-hydroxylation sites is 1. The van der Waals surface area contributed by atoms with Crippen LogP contribution in [0.3, 0.4) is 0 Å². The van der Waals surface area contributed by atoms with Gasteiger partial charge >= 0.3 is 0 Å². The van der Waals surface area contributed by atoms with Crippen LogP contribution < -0.4 is 0 Å². The van der Waals surface area contributed by atoms with Crippen molar-refractivity contribution in [3.05, 3.63) is 75.5 Å². The van der Waals surface area contributed by atoms with Gasteiger partial charge in [0.1, 0.15) is 11.5 Å². The molecule has 4 aromatic rings. The molecule has 0 aliphatic carbocycles. The SMILES string of the molecule is Cc1nn(-c2ccccc2)c(Cl)c1CSc1nncn1CCc1cccs1. The van der Waals surface area contributed by atoms with Gasteiger partial charge in [0.15, 0.2) is 5.16 Å². The minimum absolute atomic E-state index is 0.649. The molecule has 0 amide bonds. The average Bonchev–Trinajstić information content (AvgIpc) is 3.41. The normalized spacial score (nSPS) is 11.2. The third-order valence-corrected chi connectivity index (χ3v) is 6.56. The van der Waals surface area contributed by atoms with Crippen LogP contribution in [0.2, 0.25) is 5.15 Å². The third kappa shape index (κ3) is 4.10. The second-order valence-electron chi connectivity index (χ2n) is 6.03. The molecule has 0 spiro atoms. The Bertz CT molecular complexity index is 1010. The maximum absolute atomic E-state index is 6.62. The van der Waals surface area contributed by atoms with Crippen LogP contribution in [0.4, 0.5) is 0 Å². The predicted octanol–water partition coefficient (Wildman–Crippen LogP) is 5.02. The van der Waals surface area contributed by atoms with Gasteiger partial charge in [-0.15, -0.1) is 21.5 Å². The summed E-state index contributed by atoms with van der Waals surface area (Å²) in [7, 11) is 0. The first-order valence-corrected chi connectivity index (χ1v) is 10.8. The maximum Gasteiger partial charge on any atom is 0.191 e. The first-order chi connectivity index (χ1) is 13.2. The van der Waals surface area contributed by atoms with Crippen LogP contribution in [-0.4, -0.2) is 24.5 Å². The van der Waals surface area contributed by atoms with Crippen LogP contribution in [0, 0.1) is 6.92 Å². The largest absolute Gasteiger partial charge is 0.308 e. The van der Waals surface area contributed by atoms with Crippen LogP contribution in [0.1, 0.15) is 16.1 Å². The molecule has 0 saturated carbocycles. The van der Waals surface area contributed by atoms with Crippen molar-refractivity contribution in [3.63, 3.8) is 0 Å². The summed E-state index contributed by atoms with van der Waals surface area (Å²) >= 11 is 10.0. The smallest absolute Gasteiger partial charge is 0.191 e. The summed E-state index contributed by atoms with van der Waals surface area (Å²) in [5.41, 5.74) is 2.92. The van der Waals surface area contributed by atoms with E-state index in [1.54, 1.807) is 34.1 Å². The highest BCUT2D eigenvalue weighted by molar-refractivity contribution is 7.98. The summed E-state index contributed by atoms with van der Waals surface area (Å²) in [6, 6.07) is 14.2. The van der Waals surface area contributed by atoms with Crippen molar-refractivity contribution in [2.75, 3.05) is 0 Å². The summed E-state index contributed by atoms with van der Waals surface area (Å²) in [6.45, 7) is 2.86. The minimum Gasteiger partial charge on any atom is -0.308 e. The molecule has 4 rings (SSSR count). The van der Waals surface area contributed by atoms with Gasteiger partial charge in [0.05, 0.1) is 11.4 Å². The summed E-state index contributed by atoms with van der Waals surface area (Å²) < 4.78 is 3.88. The Hall–Kier alpha value is -2.09. The van der Waals surface area contributed by atoms with Crippen molar-refractivity contribution in [2.24, 2.45) is 0 Å². The van der Waals surface area contributed by atoms with E-state index in [9.17, 15) is 0 Å². The minimum atomic E-state index is 0.649. The Morgan fingerprint density at radius 2 is 2.00 bits per heavy atom. The van der Waals surface area contributed by atoms with Crippen molar-refractivity contribution < 1.29 is 0 Å². The highest BCUT2D eigenvalue weighted by Gasteiger charge is 2.16. The van der Waals surface area contributed by atoms with Crippen molar-refractivity contribution in [1.29, 1.82) is 0 Å². The quantitative estimate of drug-likeness (QED) is 0.397. The molecular formula is C19H18ClN5S2. The zero-order valence-corrected chi connectivity index (χ0v) is 17.1. The zero-order chi connectivity index (χ0) is 18.6. The molecule has 3 aromatic heterocycles. The summed E-state index contributed by atoms with van der Waals surface area (Å²) in [5, 5.41) is 16.6. The second kappa shape index (κ2) is 8.29. The summed E-state index contributed by atoms with van der Waals surface area (Å²) in [5.74, 6) is 0.704. The monoisotopic (exact) mass is 415 g/mol. The van der Waals surface area contributed by atoms with E-state index in [4.69, 9.17) is 11.6 Å². The first-order valence-electron chi connectivity index (χ1n) is 8.55. The molecule has 0 fully saturated rings. The highest BCUT2D eigenvalue weighted by atomic mass is 35.5. The molecule has 1 aromatic carbocycles. The van der Waals surface area contributed by atoms with E-state index in [2.05, 4.69) is 37.4 Å². The van der Waals surface area contributed by atoms with Gasteiger partial charge in [0.2, 0.25) is 0 Å². The molecule has 5 nitrogen and oxygen atoms in total. The van der Waals surface area contributed by atoms with Crippen molar-refractivity contribution in [2.45, 2.75) is 30.8 Å². The van der Waals surface area contributed by atoms with Crippen LogP contribution in [-0.2, 0) is 18.7 Å². The zero-order valence-electron chi connectivity index (χ0n) is 14.7. The number of nitrogens with zero attached hydrogens (tertiary/aromatic N) is 5. The average molecular weight is 416 g/mol. The Labute approximate surface area is 171 Å². The van der Waals surface area contributed by atoms with E-state index < -0.39 is 0 Å². The molecule has 138 valence electrons. The van der Waals surface area contributed by atoms with E-state index in [1.165, 1.54) is 4.88 Å². The van der Waals surface area contributed by atoms with E-state index in [0.717, 1.165) is 35.1 Å². The number of rotatable bonds is 7. The van der Waals surface area contributed by atoms with Crippen molar-refractivity contribution >= 4 is 34.7 Å². The van der Waals surface area contributed by atoms with Gasteiger partial charge in [0.25, 0.3) is 0 Å². The van der Waals surface area contributed by atoms with Crippen LogP contribution in [0.5, 0.6) is 0 Å². The van der Waals surface area contributed by atoms with Crippen LogP contribution in [0.15, 0.2) is 59.3 Å². The molecular weight excluding hydrogens is 398 g/mol. The Kier molecular flexibility index (Phi) is 5.61. The molecule has 8 heteroatoms. The molecule has 27 heavy (non-hydrogen) atoms. The van der Waals surface area contributed by atoms with Gasteiger partial charge in [-0.05, 0) is 36.9 Å². The van der Waals surface area contributed by atoms with Gasteiger partial charge in [0, 0.05) is 22.7 Å². The topological polar surface area (TPSA) is 48.5 Å². The molecule has 0 bridgehead atoms. The lowest BCUT2D eigenvalue weighted by molar-refractivity contribution is 0.637. The van der Waals surface area contributed by atoms with E-state index in [1.807, 2.05) is 37.3 Å². The molecule has 0 unspecified atom stereocenters. The highest BCUT2D eigenvalue weighted by Crippen LogP contribution is 2.29. The Balaban J connectivity index is 1.47. The van der Waals surface area contributed by atoms with Crippen LogP contribution >= 0.6 is 34.7 Å². The summed E-state index contributed by atoms with van der Waals surface area (Å²) in [6.07, 6.45) is 2.77. The fraction of sp³-hybridized carbons (Fsp3) is 0.211. The number of hydrogen-bond donors (Lipinski definition) is 0. The van der Waals surface area contributed by atoms with Gasteiger partial charge in [-0.25, -0.2) is 4.68 Å². The molecule has 0 saturated heterocycles. The molecule has 3 heterocycles. The number of aromatic nitrogens is 5. The van der Waals surface area contributed by atoms with Gasteiger partial charge in [-0.2, -0.15) is 5.10 Å². The van der Waals surface area contributed by atoms with E-state index in [-0.39, 0.29) is 0 Å². The van der Waals surface area contributed by atoms with E-state index >= 15 is 0 Å². The molecule has 0 aliphatic rings. The third-order valence-electron chi connectivity index (χ3n) is 4.23. The number of aryl methyl sites for hydroxylation is 3. The number of thiophene rings is 1. The maximum atomic E-state index is 6.62. The van der Waals surface area contributed by atoms with Gasteiger partial charge in [-0.1, -0.05) is 47.6 Å². The summed E-state index contributed by atoms with van der Waals surface area (Å²) in [4.78, 5) is 1.36. The number of thioether (sulfide) groups is 1. The standard InChI is InChI=1S/C19H18ClN5S2/c1-14-17(18(20)25(23-14)15-6-3-2-4-7-15)12-27-19-22-21-13-24(19)10-9-16-8-5-11-26-16/h2-8,11,13H,9-10,12H2,1H3. The lowest BCUT2D eigenvalue weighted by atomic mass is 10.3. The molecule has 0 N–H and O–H groups in total. The Morgan fingerprint density at radius 1 is 1.15 bits per heavy atom. The predicted molar refractivity (Wildman–Crippen MR) is 111 cm³/mol. The van der Waals surface area contributed by atoms with Gasteiger partial charge in [-0.3, -0.25) is 0 Å². The van der Waals surface area contributed by atoms with E-state index in [0.29, 0.717) is 10.9 Å². The fourth-order valence-corrected chi connectivity index (χ4v) is 4.91. The lowest BCUT2D eigenvalue weighted by Crippen LogP contribution is -2.01. The number of halogens is 1. The van der Waals surface area contributed by atoms with Crippen molar-refractivity contribution in [1.82, 2.24) is 24.5 Å². The first kappa shape index (κ1) is 18.3.